The first-order valence-corrected chi connectivity index (χ1v) is 8.53. The summed E-state index contributed by atoms with van der Waals surface area (Å²) in [5.41, 5.74) is 0.942. The molecule has 1 aliphatic carbocycles. The summed E-state index contributed by atoms with van der Waals surface area (Å²) in [6.45, 7) is 5.81. The predicted octanol–water partition coefficient (Wildman–Crippen LogP) is 2.77. The first-order valence-electron chi connectivity index (χ1n) is 8.53. The van der Waals surface area contributed by atoms with Crippen LogP contribution in [0, 0.1) is 11.7 Å². The zero-order chi connectivity index (χ0) is 17.2. The number of benzene rings is 1. The van der Waals surface area contributed by atoms with E-state index in [1.165, 1.54) is 12.1 Å². The van der Waals surface area contributed by atoms with Crippen LogP contribution < -0.4 is 10.6 Å². The smallest absolute Gasteiger partial charge is 0.315 e. The molecule has 1 saturated heterocycles. The first kappa shape index (κ1) is 17.2. The highest BCUT2D eigenvalue weighted by Gasteiger charge is 2.39. The Balaban J connectivity index is 1.37. The Morgan fingerprint density at radius 3 is 2.88 bits per heavy atom. The number of amides is 2. The second-order valence-corrected chi connectivity index (χ2v) is 7.00. The van der Waals surface area contributed by atoms with Gasteiger partial charge in [-0.25, -0.2) is 9.18 Å². The number of rotatable bonds is 6. The summed E-state index contributed by atoms with van der Waals surface area (Å²) in [6.07, 6.45) is 1.59. The molecule has 6 heteroatoms. The van der Waals surface area contributed by atoms with Crippen LogP contribution in [0.4, 0.5) is 9.18 Å². The van der Waals surface area contributed by atoms with Crippen molar-refractivity contribution < 1.29 is 18.7 Å². The minimum Gasteiger partial charge on any atom is -0.348 e. The van der Waals surface area contributed by atoms with Crippen LogP contribution >= 0.6 is 0 Å². The Labute approximate surface area is 141 Å². The van der Waals surface area contributed by atoms with Crippen LogP contribution in [0.5, 0.6) is 0 Å². The maximum Gasteiger partial charge on any atom is 0.315 e. The average Bonchev–Trinajstić information content (AvgIpc) is 3.16. The van der Waals surface area contributed by atoms with E-state index in [4.69, 9.17) is 9.47 Å². The topological polar surface area (TPSA) is 59.6 Å². The Bertz CT molecular complexity index is 589. The second-order valence-electron chi connectivity index (χ2n) is 7.00. The van der Waals surface area contributed by atoms with Crippen LogP contribution in [0.2, 0.25) is 0 Å². The maximum absolute atomic E-state index is 13.2. The quantitative estimate of drug-likeness (QED) is 0.840. The molecule has 1 saturated carbocycles. The molecule has 1 aliphatic heterocycles. The third-order valence-electron chi connectivity index (χ3n) is 4.61. The molecule has 2 aliphatic rings. The summed E-state index contributed by atoms with van der Waals surface area (Å²) < 4.78 is 24.4. The van der Waals surface area contributed by atoms with E-state index in [1.807, 2.05) is 13.0 Å². The largest absolute Gasteiger partial charge is 0.348 e. The van der Waals surface area contributed by atoms with E-state index >= 15 is 0 Å². The molecule has 0 unspecified atom stereocenters. The summed E-state index contributed by atoms with van der Waals surface area (Å²) >= 11 is 0. The fraction of sp³-hybridized carbons (Fsp3) is 0.611. The van der Waals surface area contributed by atoms with Gasteiger partial charge in [-0.05, 0) is 37.0 Å². The van der Waals surface area contributed by atoms with Crippen molar-refractivity contribution in [2.45, 2.75) is 44.4 Å². The van der Waals surface area contributed by atoms with Crippen LogP contribution in [0.15, 0.2) is 24.3 Å². The Morgan fingerprint density at radius 1 is 1.42 bits per heavy atom. The molecule has 0 spiro atoms. The van der Waals surface area contributed by atoms with Crippen molar-refractivity contribution in [3.05, 3.63) is 35.6 Å². The Morgan fingerprint density at radius 2 is 2.17 bits per heavy atom. The van der Waals surface area contributed by atoms with Crippen molar-refractivity contribution in [1.82, 2.24) is 10.6 Å². The summed E-state index contributed by atoms with van der Waals surface area (Å²) in [6, 6.07) is 6.48. The molecule has 0 radical (unpaired) electrons. The maximum atomic E-state index is 13.2. The molecular weight excluding hydrogens is 311 g/mol. The van der Waals surface area contributed by atoms with Gasteiger partial charge in [-0.1, -0.05) is 19.1 Å². The summed E-state index contributed by atoms with van der Waals surface area (Å²) in [7, 11) is 0. The van der Waals surface area contributed by atoms with Crippen LogP contribution in [0.3, 0.4) is 0 Å². The van der Waals surface area contributed by atoms with Crippen molar-refractivity contribution in [3.8, 4) is 0 Å². The molecule has 1 aromatic carbocycles. The minimum atomic E-state index is -0.531. The molecule has 5 nitrogen and oxygen atoms in total. The van der Waals surface area contributed by atoms with Gasteiger partial charge in [0.1, 0.15) is 5.82 Å². The zero-order valence-electron chi connectivity index (χ0n) is 14.2. The molecule has 3 atom stereocenters. The number of carbonyl (C=O) groups is 1. The van der Waals surface area contributed by atoms with E-state index in [0.29, 0.717) is 19.8 Å². The normalized spacial score (nSPS) is 26.0. The molecule has 132 valence electrons. The monoisotopic (exact) mass is 336 g/mol. The molecular formula is C18H25FN2O3. The minimum absolute atomic E-state index is 0.0844. The number of ether oxygens (including phenoxy) is 2. The second kappa shape index (κ2) is 7.07. The lowest BCUT2D eigenvalue weighted by Crippen LogP contribution is -2.40. The van der Waals surface area contributed by atoms with Crippen molar-refractivity contribution in [2.75, 3.05) is 19.8 Å². The predicted molar refractivity (Wildman–Crippen MR) is 88.2 cm³/mol. The third kappa shape index (κ3) is 4.45. The van der Waals surface area contributed by atoms with Gasteiger partial charge in [-0.15, -0.1) is 0 Å². The zero-order valence-corrected chi connectivity index (χ0v) is 14.2. The van der Waals surface area contributed by atoms with Gasteiger partial charge in [0, 0.05) is 24.9 Å². The highest BCUT2D eigenvalue weighted by Crippen LogP contribution is 2.40. The molecule has 2 fully saturated rings. The number of nitrogens with one attached hydrogen (secondary N) is 2. The Kier molecular flexibility index (Phi) is 5.06. The van der Waals surface area contributed by atoms with Crippen molar-refractivity contribution in [1.29, 1.82) is 0 Å². The highest BCUT2D eigenvalue weighted by molar-refractivity contribution is 5.74. The highest BCUT2D eigenvalue weighted by atomic mass is 19.1. The van der Waals surface area contributed by atoms with Gasteiger partial charge in [-0.2, -0.15) is 0 Å². The van der Waals surface area contributed by atoms with Crippen LogP contribution in [0.1, 0.15) is 38.2 Å². The van der Waals surface area contributed by atoms with Gasteiger partial charge in [0.25, 0.3) is 0 Å². The van der Waals surface area contributed by atoms with Crippen LogP contribution in [0.25, 0.3) is 0 Å². The molecule has 2 N–H and O–H groups in total. The summed E-state index contributed by atoms with van der Waals surface area (Å²) in [5.74, 6) is -0.308. The number of carbonyl (C=O) groups excluding carboxylic acids is 1. The number of urea groups is 1. The van der Waals surface area contributed by atoms with Crippen LogP contribution in [-0.2, 0) is 9.47 Å². The van der Waals surface area contributed by atoms with Gasteiger partial charge >= 0.3 is 6.03 Å². The fourth-order valence-corrected chi connectivity index (χ4v) is 3.33. The lowest BCUT2D eigenvalue weighted by molar-refractivity contribution is -0.153. The van der Waals surface area contributed by atoms with E-state index < -0.39 is 5.79 Å². The lowest BCUT2D eigenvalue weighted by Gasteiger charge is -2.26. The average molecular weight is 336 g/mol. The summed E-state index contributed by atoms with van der Waals surface area (Å²) in [5, 5.41) is 5.84. The van der Waals surface area contributed by atoms with E-state index in [-0.39, 0.29) is 29.7 Å². The lowest BCUT2D eigenvalue weighted by atomic mass is 10.0. The molecule has 1 aromatic rings. The molecule has 0 bridgehead atoms. The Hall–Kier alpha value is -1.66. The SMILES string of the molecule is C[C@H](CNC(=O)N[C@H]1C[C@H]1c1cccc(F)c1)CC1(C)OCCO1. The van der Waals surface area contributed by atoms with E-state index in [9.17, 15) is 9.18 Å². The van der Waals surface area contributed by atoms with Crippen LogP contribution in [-0.4, -0.2) is 37.6 Å². The van der Waals surface area contributed by atoms with Gasteiger partial charge in [-0.3, -0.25) is 0 Å². The van der Waals surface area contributed by atoms with Gasteiger partial charge in [0.2, 0.25) is 0 Å². The number of hydrogen-bond acceptors (Lipinski definition) is 3. The molecule has 1 heterocycles. The number of hydrogen-bond donors (Lipinski definition) is 2. The summed E-state index contributed by atoms with van der Waals surface area (Å²) in [4.78, 5) is 12.0. The van der Waals surface area contributed by atoms with Crippen molar-refractivity contribution in [3.63, 3.8) is 0 Å². The van der Waals surface area contributed by atoms with Gasteiger partial charge in [0.15, 0.2) is 5.79 Å². The van der Waals surface area contributed by atoms with E-state index in [2.05, 4.69) is 17.6 Å². The molecule has 0 aromatic heterocycles. The molecule has 24 heavy (non-hydrogen) atoms. The third-order valence-corrected chi connectivity index (χ3v) is 4.61. The standard InChI is InChI=1S/C18H25FN2O3/c1-12(10-18(2)23-6-7-24-18)11-20-17(22)21-16-9-15(16)13-4-3-5-14(19)8-13/h3-5,8,12,15-16H,6-7,9-11H2,1-2H3,(H2,20,21,22)/t12-,15-,16-/m0/s1. The molecule has 2 amide bonds. The van der Waals surface area contributed by atoms with E-state index in [1.54, 1.807) is 6.07 Å². The number of halogens is 1. The van der Waals surface area contributed by atoms with Gasteiger partial charge < -0.3 is 20.1 Å². The fourth-order valence-electron chi connectivity index (χ4n) is 3.33. The first-order chi connectivity index (χ1) is 11.5. The molecule has 3 rings (SSSR count). The van der Waals surface area contributed by atoms with Crippen molar-refractivity contribution in [2.24, 2.45) is 5.92 Å². The van der Waals surface area contributed by atoms with E-state index in [0.717, 1.165) is 18.4 Å². The van der Waals surface area contributed by atoms with Gasteiger partial charge in [0.05, 0.1) is 13.2 Å². The van der Waals surface area contributed by atoms with Crippen molar-refractivity contribution >= 4 is 6.03 Å².